The van der Waals surface area contributed by atoms with Crippen molar-refractivity contribution in [1.82, 2.24) is 5.32 Å². The lowest BCUT2D eigenvalue weighted by atomic mass is 9.80. The molecule has 1 aliphatic carbocycles. The van der Waals surface area contributed by atoms with Crippen LogP contribution in [0.1, 0.15) is 49.8 Å². The summed E-state index contributed by atoms with van der Waals surface area (Å²) in [7, 11) is 0. The summed E-state index contributed by atoms with van der Waals surface area (Å²) in [6.45, 7) is 5.15. The molecule has 0 aromatic heterocycles. The van der Waals surface area contributed by atoms with Crippen molar-refractivity contribution in [1.29, 1.82) is 0 Å². The minimum atomic E-state index is 0.388. The van der Waals surface area contributed by atoms with Gasteiger partial charge in [-0.15, -0.1) is 0 Å². The van der Waals surface area contributed by atoms with Crippen LogP contribution in [0, 0.1) is 11.8 Å². The van der Waals surface area contributed by atoms with Crippen molar-refractivity contribution in [3.63, 3.8) is 0 Å². The van der Waals surface area contributed by atoms with Crippen molar-refractivity contribution in [2.45, 2.75) is 45.3 Å². The van der Waals surface area contributed by atoms with Crippen LogP contribution in [0.3, 0.4) is 0 Å². The third-order valence-electron chi connectivity index (χ3n) is 4.89. The van der Waals surface area contributed by atoms with Crippen molar-refractivity contribution in [3.05, 3.63) is 35.4 Å². The van der Waals surface area contributed by atoms with E-state index in [1.807, 2.05) is 0 Å². The molecule has 1 heterocycles. The highest BCUT2D eigenvalue weighted by atomic mass is 16.5. The summed E-state index contributed by atoms with van der Waals surface area (Å²) in [5.74, 6) is 1.73. The summed E-state index contributed by atoms with van der Waals surface area (Å²) >= 11 is 0. The van der Waals surface area contributed by atoms with Gasteiger partial charge in [-0.25, -0.2) is 0 Å². The van der Waals surface area contributed by atoms with Crippen LogP contribution in [-0.2, 0) is 11.3 Å². The highest BCUT2D eigenvalue weighted by Gasteiger charge is 2.24. The lowest BCUT2D eigenvalue weighted by molar-refractivity contribution is 0.0787. The Labute approximate surface area is 116 Å². The van der Waals surface area contributed by atoms with Crippen molar-refractivity contribution in [3.8, 4) is 0 Å². The summed E-state index contributed by atoms with van der Waals surface area (Å²) in [4.78, 5) is 0. The Balaban J connectivity index is 1.61. The molecule has 1 N–H and O–H groups in total. The monoisotopic (exact) mass is 259 g/mol. The van der Waals surface area contributed by atoms with E-state index in [0.29, 0.717) is 6.04 Å². The maximum absolute atomic E-state index is 5.71. The molecule has 2 aliphatic rings. The van der Waals surface area contributed by atoms with Gasteiger partial charge in [0.05, 0.1) is 19.3 Å². The van der Waals surface area contributed by atoms with Gasteiger partial charge in [-0.1, -0.05) is 50.5 Å². The predicted octanol–water partition coefficient (Wildman–Crippen LogP) is 3.67. The zero-order valence-corrected chi connectivity index (χ0v) is 11.9. The quantitative estimate of drug-likeness (QED) is 0.894. The molecule has 3 unspecified atom stereocenters. The Bertz CT molecular complexity index is 417. The number of nitrogens with one attached hydrogen (secondary N) is 1. The van der Waals surface area contributed by atoms with Gasteiger partial charge in [-0.2, -0.15) is 0 Å². The fourth-order valence-corrected chi connectivity index (χ4v) is 3.54. The van der Waals surface area contributed by atoms with Crippen LogP contribution >= 0.6 is 0 Å². The molecule has 0 saturated heterocycles. The zero-order valence-electron chi connectivity index (χ0n) is 11.9. The van der Waals surface area contributed by atoms with E-state index in [0.717, 1.165) is 31.6 Å². The molecule has 1 aromatic rings. The van der Waals surface area contributed by atoms with Crippen LogP contribution in [-0.4, -0.2) is 13.2 Å². The van der Waals surface area contributed by atoms with Crippen LogP contribution in [0.2, 0.25) is 0 Å². The standard InChI is InChI=1S/C17H25NO/c1-13-6-2-3-7-14(13)10-18-17-12-19-11-15-8-4-5-9-16(15)17/h4-5,8-9,13-14,17-18H,2-3,6-7,10-12H2,1H3. The van der Waals surface area contributed by atoms with Crippen LogP contribution < -0.4 is 5.32 Å². The van der Waals surface area contributed by atoms with Crippen LogP contribution in [0.15, 0.2) is 24.3 Å². The molecular weight excluding hydrogens is 234 g/mol. The largest absolute Gasteiger partial charge is 0.375 e. The van der Waals surface area contributed by atoms with Gasteiger partial charge in [0.1, 0.15) is 0 Å². The van der Waals surface area contributed by atoms with Crippen molar-refractivity contribution >= 4 is 0 Å². The smallest absolute Gasteiger partial charge is 0.0721 e. The molecule has 19 heavy (non-hydrogen) atoms. The summed E-state index contributed by atoms with van der Waals surface area (Å²) in [5.41, 5.74) is 2.79. The van der Waals surface area contributed by atoms with Crippen LogP contribution in [0.5, 0.6) is 0 Å². The molecule has 0 bridgehead atoms. The number of benzene rings is 1. The number of hydrogen-bond donors (Lipinski definition) is 1. The molecule has 1 saturated carbocycles. The second-order valence-electron chi connectivity index (χ2n) is 6.20. The lowest BCUT2D eigenvalue weighted by Gasteiger charge is -2.32. The molecule has 3 atom stereocenters. The van der Waals surface area contributed by atoms with Crippen LogP contribution in [0.25, 0.3) is 0 Å². The first-order valence-corrected chi connectivity index (χ1v) is 7.73. The summed E-state index contributed by atoms with van der Waals surface area (Å²) in [5, 5.41) is 3.75. The molecular formula is C17H25NO. The average molecular weight is 259 g/mol. The Morgan fingerprint density at radius 1 is 1.21 bits per heavy atom. The number of ether oxygens (including phenoxy) is 1. The third-order valence-corrected chi connectivity index (χ3v) is 4.89. The Hall–Kier alpha value is -0.860. The molecule has 1 fully saturated rings. The fourth-order valence-electron chi connectivity index (χ4n) is 3.54. The van der Waals surface area contributed by atoms with E-state index in [1.165, 1.54) is 36.8 Å². The van der Waals surface area contributed by atoms with Gasteiger partial charge < -0.3 is 10.1 Å². The van der Waals surface area contributed by atoms with Gasteiger partial charge in [0, 0.05) is 0 Å². The summed E-state index contributed by atoms with van der Waals surface area (Å²) in [6, 6.07) is 9.07. The van der Waals surface area contributed by atoms with Gasteiger partial charge in [-0.05, 0) is 35.9 Å². The number of hydrogen-bond acceptors (Lipinski definition) is 2. The number of rotatable bonds is 3. The molecule has 2 nitrogen and oxygen atoms in total. The van der Waals surface area contributed by atoms with Gasteiger partial charge in [-0.3, -0.25) is 0 Å². The van der Waals surface area contributed by atoms with E-state index in [1.54, 1.807) is 0 Å². The minimum Gasteiger partial charge on any atom is -0.375 e. The van der Waals surface area contributed by atoms with Crippen LogP contribution in [0.4, 0.5) is 0 Å². The van der Waals surface area contributed by atoms with E-state index in [2.05, 4.69) is 36.5 Å². The molecule has 0 spiro atoms. The average Bonchev–Trinajstić information content (AvgIpc) is 2.46. The normalized spacial score (nSPS) is 30.9. The van der Waals surface area contributed by atoms with Gasteiger partial charge in [0.15, 0.2) is 0 Å². The van der Waals surface area contributed by atoms with Gasteiger partial charge in [0.2, 0.25) is 0 Å². The maximum atomic E-state index is 5.71. The van der Waals surface area contributed by atoms with E-state index >= 15 is 0 Å². The molecule has 104 valence electrons. The first-order valence-electron chi connectivity index (χ1n) is 7.73. The van der Waals surface area contributed by atoms with Gasteiger partial charge >= 0.3 is 0 Å². The van der Waals surface area contributed by atoms with Crippen molar-refractivity contribution in [2.24, 2.45) is 11.8 Å². The van der Waals surface area contributed by atoms with Crippen molar-refractivity contribution < 1.29 is 4.74 Å². The first-order chi connectivity index (χ1) is 9.34. The zero-order chi connectivity index (χ0) is 13.1. The van der Waals surface area contributed by atoms with Crippen molar-refractivity contribution in [2.75, 3.05) is 13.2 Å². The highest BCUT2D eigenvalue weighted by molar-refractivity contribution is 5.31. The second kappa shape index (κ2) is 6.06. The van der Waals surface area contributed by atoms with E-state index < -0.39 is 0 Å². The summed E-state index contributed by atoms with van der Waals surface area (Å²) < 4.78 is 5.71. The predicted molar refractivity (Wildman–Crippen MR) is 78.0 cm³/mol. The summed E-state index contributed by atoms with van der Waals surface area (Å²) in [6.07, 6.45) is 5.63. The Morgan fingerprint density at radius 2 is 2.05 bits per heavy atom. The topological polar surface area (TPSA) is 21.3 Å². The molecule has 0 radical (unpaired) electrons. The minimum absolute atomic E-state index is 0.388. The maximum Gasteiger partial charge on any atom is 0.0721 e. The Kier molecular flexibility index (Phi) is 4.19. The van der Waals surface area contributed by atoms with E-state index in [9.17, 15) is 0 Å². The first kappa shape index (κ1) is 13.1. The molecule has 1 aromatic carbocycles. The highest BCUT2D eigenvalue weighted by Crippen LogP contribution is 2.30. The number of fused-ring (bicyclic) bond motifs is 1. The van der Waals surface area contributed by atoms with E-state index in [-0.39, 0.29) is 0 Å². The molecule has 2 heteroatoms. The van der Waals surface area contributed by atoms with Gasteiger partial charge in [0.25, 0.3) is 0 Å². The lowest BCUT2D eigenvalue weighted by Crippen LogP contribution is -2.35. The SMILES string of the molecule is CC1CCCCC1CNC1COCc2ccccc21. The third kappa shape index (κ3) is 3.01. The Morgan fingerprint density at radius 3 is 2.95 bits per heavy atom. The second-order valence-corrected chi connectivity index (χ2v) is 6.20. The molecule has 3 rings (SSSR count). The molecule has 0 amide bonds. The molecule has 1 aliphatic heterocycles. The van der Waals surface area contributed by atoms with E-state index in [4.69, 9.17) is 4.74 Å². The fraction of sp³-hybridized carbons (Fsp3) is 0.647.